The molecule has 0 radical (unpaired) electrons. The molecule has 376 valence electrons. The lowest BCUT2D eigenvalue weighted by Crippen LogP contribution is -2.46. The van der Waals surface area contributed by atoms with Gasteiger partial charge < -0.3 is 49.5 Å². The molecule has 69 heavy (non-hydrogen) atoms. The summed E-state index contributed by atoms with van der Waals surface area (Å²) in [4.78, 5) is 77.2. The van der Waals surface area contributed by atoms with Crippen molar-refractivity contribution in [3.05, 3.63) is 95.8 Å². The van der Waals surface area contributed by atoms with E-state index in [0.717, 1.165) is 71.7 Å². The summed E-state index contributed by atoms with van der Waals surface area (Å²) >= 11 is 1.12. The molecule has 3 heterocycles. The van der Waals surface area contributed by atoms with Gasteiger partial charge in [-0.15, -0.1) is 11.8 Å². The number of rotatable bonds is 30. The highest BCUT2D eigenvalue weighted by Crippen LogP contribution is 2.42. The predicted octanol–water partition coefficient (Wildman–Crippen LogP) is 3.81. The van der Waals surface area contributed by atoms with Crippen LogP contribution in [-0.4, -0.2) is 158 Å². The molecule has 4 N–H and O–H groups in total. The first kappa shape index (κ1) is 54.4. The maximum Gasteiger partial charge on any atom is 0.327 e. The number of carboxylic acids is 1. The minimum absolute atomic E-state index is 0.0336. The third-order valence-corrected chi connectivity index (χ3v) is 12.2. The molecule has 3 atom stereocenters. The Balaban J connectivity index is 1.04. The molecule has 2 aromatic carbocycles. The van der Waals surface area contributed by atoms with Gasteiger partial charge in [0.15, 0.2) is 0 Å². The number of carboxylic acid groups (broad SMARTS) is 1. The molecule has 2 aliphatic rings. The highest BCUT2D eigenvalue weighted by Gasteiger charge is 2.39. The van der Waals surface area contributed by atoms with Gasteiger partial charge in [0, 0.05) is 67.0 Å². The van der Waals surface area contributed by atoms with Crippen LogP contribution >= 0.6 is 11.8 Å². The van der Waals surface area contributed by atoms with Crippen LogP contribution in [0.4, 0.5) is 8.78 Å². The molecule has 0 spiro atoms. The summed E-state index contributed by atoms with van der Waals surface area (Å²) in [5, 5.41) is 18.5. The molecular weight excluding hydrogens is 919 g/mol. The largest absolute Gasteiger partial charge is 0.480 e. The van der Waals surface area contributed by atoms with Gasteiger partial charge in [-0.25, -0.2) is 13.6 Å². The molecule has 1 unspecified atom stereocenters. The van der Waals surface area contributed by atoms with Crippen LogP contribution in [0.3, 0.4) is 0 Å². The normalized spacial score (nSPS) is 15.7. The quantitative estimate of drug-likeness (QED) is 0.0555. The molecule has 1 fully saturated rings. The number of hydrogen-bond acceptors (Lipinski definition) is 12. The Morgan fingerprint density at radius 3 is 2.16 bits per heavy atom. The molecular formula is C49H64F2N6O11S. The second kappa shape index (κ2) is 27.6. The van der Waals surface area contributed by atoms with Crippen molar-refractivity contribution in [2.45, 2.75) is 52.2 Å². The number of carbonyl (C=O) groups is 6. The van der Waals surface area contributed by atoms with Gasteiger partial charge >= 0.3 is 5.97 Å². The van der Waals surface area contributed by atoms with E-state index >= 15 is 4.39 Å². The topological polar surface area (TPSA) is 207 Å². The number of aromatic nitrogens is 1. The van der Waals surface area contributed by atoms with Gasteiger partial charge in [-0.3, -0.25) is 28.9 Å². The average molecular weight is 983 g/mol. The first-order valence-electron chi connectivity index (χ1n) is 23.0. The average Bonchev–Trinajstić information content (AvgIpc) is 4.06. The van der Waals surface area contributed by atoms with Crippen LogP contribution < -0.4 is 16.0 Å². The number of ether oxygens (including phenoxy) is 4. The number of amides is 5. The van der Waals surface area contributed by atoms with Crippen LogP contribution in [0.1, 0.15) is 50.9 Å². The minimum Gasteiger partial charge on any atom is -0.480 e. The lowest BCUT2D eigenvalue weighted by atomic mass is 9.82. The minimum atomic E-state index is -1.26. The first-order valence-corrected chi connectivity index (χ1v) is 24.2. The standard InChI is InChI=1S/C49H64F2N6O11S/c1-49(2,3)47(41-25-36(38-26-37(50)9-10-39(38)51)30-55(41)28-34-7-5-4-6-8-34)57(29-35-13-15-52-27-35)46(62)33-69-32-40(48(63)64)54-42(58)14-17-65-19-21-67-23-24-68-22-20-66-18-16-53-43(59)31-56-44(60)11-12-45(56)61/h4-12,25-26,30,35,40,47,52H,13-24,27-29,31-33H2,1-3H3,(H,53,59)(H,54,58)(H,63,64)/t35?,40-,47-/m0/s1. The monoisotopic (exact) mass is 982 g/mol. The fourth-order valence-corrected chi connectivity index (χ4v) is 8.80. The molecule has 0 bridgehead atoms. The van der Waals surface area contributed by atoms with Crippen molar-refractivity contribution in [1.82, 2.24) is 30.3 Å². The molecule has 3 aromatic rings. The number of benzene rings is 2. The van der Waals surface area contributed by atoms with Crippen LogP contribution in [0.2, 0.25) is 0 Å². The number of nitrogens with one attached hydrogen (secondary N) is 3. The van der Waals surface area contributed by atoms with Gasteiger partial charge in [-0.1, -0.05) is 51.1 Å². The fraction of sp³-hybridized carbons (Fsp3) is 0.510. The highest BCUT2D eigenvalue weighted by molar-refractivity contribution is 8.00. The van der Waals surface area contributed by atoms with Crippen LogP contribution in [0.15, 0.2) is 72.9 Å². The number of hydrogen-bond donors (Lipinski definition) is 4. The Hall–Kier alpha value is -5.51. The van der Waals surface area contributed by atoms with Gasteiger partial charge in [0.2, 0.25) is 17.7 Å². The third-order valence-electron chi connectivity index (χ3n) is 11.2. The van der Waals surface area contributed by atoms with E-state index in [0.29, 0.717) is 31.9 Å². The van der Waals surface area contributed by atoms with Gasteiger partial charge in [-0.2, -0.15) is 0 Å². The Kier molecular flexibility index (Phi) is 21.8. The molecule has 5 amide bonds. The summed E-state index contributed by atoms with van der Waals surface area (Å²) in [7, 11) is 0. The summed E-state index contributed by atoms with van der Waals surface area (Å²) in [5.74, 6) is -4.60. The Labute approximate surface area is 405 Å². The molecule has 2 aliphatic heterocycles. The molecule has 1 aromatic heterocycles. The zero-order valence-corrected chi connectivity index (χ0v) is 40.2. The Morgan fingerprint density at radius 1 is 0.884 bits per heavy atom. The maximum atomic E-state index is 15.2. The van der Waals surface area contributed by atoms with E-state index in [1.54, 1.807) is 6.20 Å². The molecule has 1 saturated heterocycles. The second-order valence-electron chi connectivity index (χ2n) is 17.7. The van der Waals surface area contributed by atoms with Crippen molar-refractivity contribution >= 4 is 47.3 Å². The van der Waals surface area contributed by atoms with E-state index in [2.05, 4.69) is 16.0 Å². The number of imide groups is 1. The number of nitrogens with zero attached hydrogens (tertiary/aromatic N) is 3. The van der Waals surface area contributed by atoms with Crippen molar-refractivity contribution in [3.8, 4) is 11.1 Å². The molecule has 5 rings (SSSR count). The van der Waals surface area contributed by atoms with Crippen molar-refractivity contribution in [2.75, 3.05) is 97.1 Å². The fourth-order valence-electron chi connectivity index (χ4n) is 7.88. The summed E-state index contributed by atoms with van der Waals surface area (Å²) in [6.45, 7) is 10.2. The van der Waals surface area contributed by atoms with Gasteiger partial charge in [-0.05, 0) is 60.7 Å². The van der Waals surface area contributed by atoms with E-state index in [-0.39, 0.29) is 88.0 Å². The van der Waals surface area contributed by atoms with Crippen molar-refractivity contribution < 1.29 is 61.6 Å². The van der Waals surface area contributed by atoms with Crippen LogP contribution in [0.25, 0.3) is 11.1 Å². The number of aliphatic carboxylic acids is 1. The summed E-state index contributed by atoms with van der Waals surface area (Å²) in [6, 6.07) is 13.2. The highest BCUT2D eigenvalue weighted by atomic mass is 32.2. The zero-order valence-electron chi connectivity index (χ0n) is 39.4. The summed E-state index contributed by atoms with van der Waals surface area (Å²) in [6.07, 6.45) is 4.80. The van der Waals surface area contributed by atoms with E-state index < -0.39 is 58.7 Å². The van der Waals surface area contributed by atoms with Crippen molar-refractivity contribution in [3.63, 3.8) is 0 Å². The lowest BCUT2D eigenvalue weighted by molar-refractivity contribution is -0.141. The molecule has 0 aliphatic carbocycles. The SMILES string of the molecule is CC(C)(C)[C@H](c1cc(-c2cc(F)ccc2F)cn1Cc1ccccc1)N(CC1CCNC1)C(=O)CSC[C@H](NC(=O)CCOCCOCCOCCOCCNC(=O)CN1C(=O)C=CC1=O)C(=O)O. The summed E-state index contributed by atoms with van der Waals surface area (Å²) < 4.78 is 53.5. The second-order valence-corrected chi connectivity index (χ2v) is 18.7. The molecule has 17 nitrogen and oxygen atoms in total. The van der Waals surface area contributed by atoms with Crippen molar-refractivity contribution in [1.29, 1.82) is 0 Å². The van der Waals surface area contributed by atoms with E-state index in [1.807, 2.05) is 66.6 Å². The van der Waals surface area contributed by atoms with Crippen LogP contribution in [-0.2, 0) is 54.3 Å². The van der Waals surface area contributed by atoms with Gasteiger partial charge in [0.05, 0.1) is 64.6 Å². The Bertz CT molecular complexity index is 2200. The predicted molar refractivity (Wildman–Crippen MR) is 254 cm³/mol. The van der Waals surface area contributed by atoms with Crippen LogP contribution in [0.5, 0.6) is 0 Å². The smallest absolute Gasteiger partial charge is 0.327 e. The van der Waals surface area contributed by atoms with E-state index in [4.69, 9.17) is 18.9 Å². The van der Waals surface area contributed by atoms with Gasteiger partial charge in [0.25, 0.3) is 11.8 Å². The van der Waals surface area contributed by atoms with E-state index in [1.165, 1.54) is 6.07 Å². The van der Waals surface area contributed by atoms with Crippen LogP contribution in [0, 0.1) is 23.0 Å². The van der Waals surface area contributed by atoms with E-state index in [9.17, 15) is 38.3 Å². The maximum absolute atomic E-state index is 15.2. The number of carbonyl (C=O) groups excluding carboxylic acids is 5. The third kappa shape index (κ3) is 17.8. The lowest BCUT2D eigenvalue weighted by Gasteiger charge is -2.42. The summed E-state index contributed by atoms with van der Waals surface area (Å²) in [5.41, 5.74) is 1.78. The first-order chi connectivity index (χ1) is 33.1. The van der Waals surface area contributed by atoms with Crippen molar-refractivity contribution in [2.24, 2.45) is 11.3 Å². The molecule has 20 heteroatoms. The number of halogens is 2. The van der Waals surface area contributed by atoms with Gasteiger partial charge in [0.1, 0.15) is 24.2 Å². The Morgan fingerprint density at radius 2 is 1.54 bits per heavy atom. The molecule has 0 saturated carbocycles. The number of thioether (sulfide) groups is 1. The zero-order chi connectivity index (χ0) is 49.8.